The van der Waals surface area contributed by atoms with Gasteiger partial charge in [-0.1, -0.05) is 47.5 Å². The van der Waals surface area contributed by atoms with E-state index in [1.54, 1.807) is 19.2 Å². The van der Waals surface area contributed by atoms with Crippen molar-refractivity contribution in [3.63, 3.8) is 0 Å². The fourth-order valence-electron chi connectivity index (χ4n) is 1.93. The molecular formula is C14H12Cl2FN. The summed E-state index contributed by atoms with van der Waals surface area (Å²) in [5, 5.41) is 4.10. The van der Waals surface area contributed by atoms with Crippen molar-refractivity contribution < 1.29 is 4.39 Å². The molecule has 0 aliphatic rings. The lowest BCUT2D eigenvalue weighted by atomic mass is 9.99. The molecule has 1 atom stereocenters. The van der Waals surface area contributed by atoms with Crippen LogP contribution < -0.4 is 5.32 Å². The van der Waals surface area contributed by atoms with Gasteiger partial charge in [-0.2, -0.15) is 0 Å². The van der Waals surface area contributed by atoms with E-state index < -0.39 is 0 Å². The molecule has 0 bridgehead atoms. The molecule has 2 rings (SSSR count). The zero-order chi connectivity index (χ0) is 13.1. The van der Waals surface area contributed by atoms with E-state index in [1.807, 2.05) is 18.2 Å². The number of halogens is 3. The van der Waals surface area contributed by atoms with Crippen LogP contribution in [-0.2, 0) is 0 Å². The van der Waals surface area contributed by atoms with Crippen molar-refractivity contribution in [1.82, 2.24) is 5.32 Å². The molecule has 0 aliphatic carbocycles. The van der Waals surface area contributed by atoms with Crippen molar-refractivity contribution in [2.45, 2.75) is 6.04 Å². The summed E-state index contributed by atoms with van der Waals surface area (Å²) >= 11 is 12.2. The summed E-state index contributed by atoms with van der Waals surface area (Å²) in [7, 11) is 1.80. The first-order valence-corrected chi connectivity index (χ1v) is 6.25. The molecule has 1 unspecified atom stereocenters. The Morgan fingerprint density at radius 2 is 1.83 bits per heavy atom. The van der Waals surface area contributed by atoms with E-state index in [2.05, 4.69) is 5.32 Å². The van der Waals surface area contributed by atoms with Crippen LogP contribution in [0.4, 0.5) is 4.39 Å². The Balaban J connectivity index is 2.49. The number of hydrogen-bond donors (Lipinski definition) is 1. The van der Waals surface area contributed by atoms with Crippen LogP contribution in [0.5, 0.6) is 0 Å². The van der Waals surface area contributed by atoms with Gasteiger partial charge in [-0.3, -0.25) is 0 Å². The molecule has 0 amide bonds. The summed E-state index contributed by atoms with van der Waals surface area (Å²) in [6, 6.07) is 11.7. The second-order valence-corrected chi connectivity index (χ2v) is 4.70. The van der Waals surface area contributed by atoms with Crippen molar-refractivity contribution in [1.29, 1.82) is 0 Å². The summed E-state index contributed by atoms with van der Waals surface area (Å²) in [5.74, 6) is -0.272. The first-order chi connectivity index (χ1) is 8.63. The van der Waals surface area contributed by atoms with Crippen LogP contribution in [0.2, 0.25) is 10.0 Å². The van der Waals surface area contributed by atoms with Gasteiger partial charge in [0, 0.05) is 0 Å². The molecule has 0 aromatic heterocycles. The van der Waals surface area contributed by atoms with Crippen LogP contribution in [0, 0.1) is 5.82 Å². The zero-order valence-corrected chi connectivity index (χ0v) is 11.3. The SMILES string of the molecule is CNC(c1cccc(F)c1)c1cccc(Cl)c1Cl. The number of hydrogen-bond acceptors (Lipinski definition) is 1. The largest absolute Gasteiger partial charge is 0.309 e. The van der Waals surface area contributed by atoms with E-state index in [0.29, 0.717) is 10.0 Å². The van der Waals surface area contributed by atoms with Crippen molar-refractivity contribution in [3.8, 4) is 0 Å². The van der Waals surface area contributed by atoms with Crippen molar-refractivity contribution in [2.75, 3.05) is 7.05 Å². The van der Waals surface area contributed by atoms with E-state index in [4.69, 9.17) is 23.2 Å². The predicted molar refractivity (Wildman–Crippen MR) is 73.8 cm³/mol. The highest BCUT2D eigenvalue weighted by Crippen LogP contribution is 2.33. The molecule has 0 aliphatic heterocycles. The Morgan fingerprint density at radius 3 is 2.50 bits per heavy atom. The average molecular weight is 284 g/mol. The first kappa shape index (κ1) is 13.3. The van der Waals surface area contributed by atoms with Gasteiger partial charge >= 0.3 is 0 Å². The minimum atomic E-state index is -0.272. The summed E-state index contributed by atoms with van der Waals surface area (Å²) < 4.78 is 13.3. The van der Waals surface area contributed by atoms with Crippen molar-refractivity contribution in [3.05, 3.63) is 69.5 Å². The van der Waals surface area contributed by atoms with E-state index in [0.717, 1.165) is 11.1 Å². The summed E-state index contributed by atoms with van der Waals surface area (Å²) in [6.45, 7) is 0. The van der Waals surface area contributed by atoms with E-state index >= 15 is 0 Å². The van der Waals surface area contributed by atoms with Gasteiger partial charge in [0.1, 0.15) is 5.82 Å². The smallest absolute Gasteiger partial charge is 0.123 e. The lowest BCUT2D eigenvalue weighted by Crippen LogP contribution is -2.18. The summed E-state index contributed by atoms with van der Waals surface area (Å²) in [4.78, 5) is 0. The molecule has 0 spiro atoms. The van der Waals surface area contributed by atoms with Gasteiger partial charge in [0.25, 0.3) is 0 Å². The number of nitrogens with one attached hydrogen (secondary N) is 1. The van der Waals surface area contributed by atoms with E-state index in [1.165, 1.54) is 12.1 Å². The monoisotopic (exact) mass is 283 g/mol. The molecule has 94 valence electrons. The van der Waals surface area contributed by atoms with E-state index in [9.17, 15) is 4.39 Å². The number of benzene rings is 2. The Labute approximate surface area is 116 Å². The second-order valence-electron chi connectivity index (χ2n) is 3.92. The van der Waals surface area contributed by atoms with Gasteiger partial charge < -0.3 is 5.32 Å². The van der Waals surface area contributed by atoms with Gasteiger partial charge in [-0.15, -0.1) is 0 Å². The fraction of sp³-hybridized carbons (Fsp3) is 0.143. The third kappa shape index (κ3) is 2.66. The second kappa shape index (κ2) is 5.70. The maximum Gasteiger partial charge on any atom is 0.123 e. The minimum Gasteiger partial charge on any atom is -0.309 e. The first-order valence-electron chi connectivity index (χ1n) is 5.50. The highest BCUT2D eigenvalue weighted by Gasteiger charge is 2.16. The van der Waals surface area contributed by atoms with Crippen LogP contribution in [0.15, 0.2) is 42.5 Å². The molecule has 18 heavy (non-hydrogen) atoms. The third-order valence-electron chi connectivity index (χ3n) is 2.76. The fourth-order valence-corrected chi connectivity index (χ4v) is 2.35. The third-order valence-corrected chi connectivity index (χ3v) is 3.60. The topological polar surface area (TPSA) is 12.0 Å². The maximum atomic E-state index is 13.3. The highest BCUT2D eigenvalue weighted by molar-refractivity contribution is 6.42. The highest BCUT2D eigenvalue weighted by atomic mass is 35.5. The molecule has 1 N–H and O–H groups in total. The molecular weight excluding hydrogens is 272 g/mol. The number of rotatable bonds is 3. The van der Waals surface area contributed by atoms with Crippen LogP contribution in [0.25, 0.3) is 0 Å². The lowest BCUT2D eigenvalue weighted by molar-refractivity contribution is 0.617. The Bertz CT molecular complexity index is 557. The van der Waals surface area contributed by atoms with Gasteiger partial charge in [-0.25, -0.2) is 4.39 Å². The minimum absolute atomic E-state index is 0.188. The molecule has 0 radical (unpaired) electrons. The van der Waals surface area contributed by atoms with Crippen LogP contribution >= 0.6 is 23.2 Å². The standard InChI is InChI=1S/C14H12Cl2FN/c1-18-14(9-4-2-5-10(17)8-9)11-6-3-7-12(15)13(11)16/h2-8,14,18H,1H3. The average Bonchev–Trinajstić information content (AvgIpc) is 2.35. The Kier molecular flexibility index (Phi) is 4.23. The zero-order valence-electron chi connectivity index (χ0n) is 9.75. The van der Waals surface area contributed by atoms with Crippen LogP contribution in [0.1, 0.15) is 17.2 Å². The molecule has 0 fully saturated rings. The van der Waals surface area contributed by atoms with Gasteiger partial charge in [0.15, 0.2) is 0 Å². The molecule has 0 heterocycles. The van der Waals surface area contributed by atoms with Crippen molar-refractivity contribution >= 4 is 23.2 Å². The summed E-state index contributed by atoms with van der Waals surface area (Å²) in [6.07, 6.45) is 0. The molecule has 2 aromatic rings. The molecule has 1 nitrogen and oxygen atoms in total. The normalized spacial score (nSPS) is 12.4. The molecule has 0 saturated heterocycles. The van der Waals surface area contributed by atoms with Gasteiger partial charge in [-0.05, 0) is 36.4 Å². The lowest BCUT2D eigenvalue weighted by Gasteiger charge is -2.19. The van der Waals surface area contributed by atoms with Crippen LogP contribution in [0.3, 0.4) is 0 Å². The molecule has 2 aromatic carbocycles. The van der Waals surface area contributed by atoms with E-state index in [-0.39, 0.29) is 11.9 Å². The molecule has 4 heteroatoms. The quantitative estimate of drug-likeness (QED) is 0.878. The molecule has 0 saturated carbocycles. The predicted octanol–water partition coefficient (Wildman–Crippen LogP) is 4.44. The Hall–Kier alpha value is -1.09. The van der Waals surface area contributed by atoms with Gasteiger partial charge in [0.05, 0.1) is 16.1 Å². The Morgan fingerprint density at radius 1 is 1.11 bits per heavy atom. The summed E-state index contributed by atoms with van der Waals surface area (Å²) in [5.41, 5.74) is 1.64. The van der Waals surface area contributed by atoms with Gasteiger partial charge in [0.2, 0.25) is 0 Å². The maximum absolute atomic E-state index is 13.3. The van der Waals surface area contributed by atoms with Crippen LogP contribution in [-0.4, -0.2) is 7.05 Å². The van der Waals surface area contributed by atoms with Crippen molar-refractivity contribution in [2.24, 2.45) is 0 Å².